The number of esters is 1. The Morgan fingerprint density at radius 1 is 1.07 bits per heavy atom. The Morgan fingerprint density at radius 2 is 1.90 bits per heavy atom. The molecule has 1 aliphatic rings. The number of hydrogen-bond acceptors (Lipinski definition) is 6. The van der Waals surface area contributed by atoms with E-state index in [2.05, 4.69) is 10.3 Å². The number of aryl methyl sites for hydroxylation is 1. The van der Waals surface area contributed by atoms with Crippen molar-refractivity contribution in [2.24, 2.45) is 0 Å². The molecule has 1 aliphatic carbocycles. The van der Waals surface area contributed by atoms with Crippen LogP contribution in [0.2, 0.25) is 0 Å². The summed E-state index contributed by atoms with van der Waals surface area (Å²) in [5.74, 6) is -0.351. The summed E-state index contributed by atoms with van der Waals surface area (Å²) < 4.78 is 5.47. The molecule has 0 saturated heterocycles. The minimum absolute atomic E-state index is 0.0725. The van der Waals surface area contributed by atoms with Crippen LogP contribution in [0.4, 0.5) is 0 Å². The summed E-state index contributed by atoms with van der Waals surface area (Å²) in [5, 5.41) is 7.38. The summed E-state index contributed by atoms with van der Waals surface area (Å²) in [7, 11) is 0. The molecule has 5 nitrogen and oxygen atoms in total. The molecule has 0 spiro atoms. The summed E-state index contributed by atoms with van der Waals surface area (Å²) in [6.07, 6.45) is 4.58. The number of hydrogen-bond donors (Lipinski definition) is 1. The van der Waals surface area contributed by atoms with Crippen LogP contribution in [-0.4, -0.2) is 16.9 Å². The van der Waals surface area contributed by atoms with E-state index in [0.29, 0.717) is 17.8 Å². The number of benzene rings is 1. The van der Waals surface area contributed by atoms with Gasteiger partial charge in [0.2, 0.25) is 5.91 Å². The number of aromatic nitrogens is 1. The number of rotatable bonds is 7. The summed E-state index contributed by atoms with van der Waals surface area (Å²) in [6, 6.07) is 9.79. The highest BCUT2D eigenvalue weighted by Crippen LogP contribution is 2.30. The molecule has 1 aromatic carbocycles. The SMILES string of the molecule is O=C(Cc1nc(COC(=O)c2csc3c2CCCC3)cs1)NCc1ccccc1. The summed E-state index contributed by atoms with van der Waals surface area (Å²) in [5.41, 5.74) is 3.61. The van der Waals surface area contributed by atoms with Crippen molar-refractivity contribution in [2.45, 2.75) is 45.3 Å². The first kappa shape index (κ1) is 19.8. The number of ether oxygens (including phenoxy) is 1. The van der Waals surface area contributed by atoms with Gasteiger partial charge >= 0.3 is 5.97 Å². The lowest BCUT2D eigenvalue weighted by Crippen LogP contribution is -2.24. The van der Waals surface area contributed by atoms with Crippen molar-refractivity contribution in [3.05, 3.63) is 73.4 Å². The van der Waals surface area contributed by atoms with Crippen LogP contribution in [0.15, 0.2) is 41.1 Å². The smallest absolute Gasteiger partial charge is 0.339 e. The van der Waals surface area contributed by atoms with Crippen molar-refractivity contribution in [2.75, 3.05) is 0 Å². The third kappa shape index (κ3) is 5.10. The van der Waals surface area contributed by atoms with Gasteiger partial charge in [0.25, 0.3) is 0 Å². The molecule has 0 saturated carbocycles. The molecule has 0 atom stereocenters. The predicted octanol–water partition coefficient (Wildman–Crippen LogP) is 4.30. The van der Waals surface area contributed by atoms with Crippen molar-refractivity contribution in [3.8, 4) is 0 Å². The Kier molecular flexibility index (Phi) is 6.36. The Morgan fingerprint density at radius 3 is 2.76 bits per heavy atom. The van der Waals surface area contributed by atoms with Crippen LogP contribution in [0.1, 0.15) is 49.9 Å². The van der Waals surface area contributed by atoms with Gasteiger partial charge in [-0.15, -0.1) is 22.7 Å². The third-order valence-corrected chi connectivity index (χ3v) is 6.86. The van der Waals surface area contributed by atoms with Gasteiger partial charge in [0.1, 0.15) is 11.6 Å². The number of thiophene rings is 1. The van der Waals surface area contributed by atoms with E-state index >= 15 is 0 Å². The molecule has 2 heterocycles. The molecule has 29 heavy (non-hydrogen) atoms. The molecule has 4 rings (SSSR count). The second-order valence-corrected chi connectivity index (χ2v) is 8.91. The van der Waals surface area contributed by atoms with Gasteiger partial charge in [0.05, 0.1) is 17.7 Å². The lowest BCUT2D eigenvalue weighted by atomic mass is 9.96. The number of thiazole rings is 1. The monoisotopic (exact) mass is 426 g/mol. The Bertz CT molecular complexity index is 995. The molecule has 150 valence electrons. The van der Waals surface area contributed by atoms with Crippen molar-refractivity contribution < 1.29 is 14.3 Å². The first-order valence-electron chi connectivity index (χ1n) is 9.69. The van der Waals surface area contributed by atoms with Crippen molar-refractivity contribution in [1.82, 2.24) is 10.3 Å². The Balaban J connectivity index is 1.26. The van der Waals surface area contributed by atoms with Crippen molar-refractivity contribution >= 4 is 34.6 Å². The second kappa shape index (κ2) is 9.33. The largest absolute Gasteiger partial charge is 0.456 e. The van der Waals surface area contributed by atoms with E-state index < -0.39 is 0 Å². The minimum Gasteiger partial charge on any atom is -0.456 e. The molecule has 0 fully saturated rings. The van der Waals surface area contributed by atoms with Crippen molar-refractivity contribution in [1.29, 1.82) is 0 Å². The minimum atomic E-state index is -0.278. The first-order valence-corrected chi connectivity index (χ1v) is 11.5. The Labute approximate surface area is 177 Å². The van der Waals surface area contributed by atoms with Gasteiger partial charge in [-0.1, -0.05) is 30.3 Å². The maximum absolute atomic E-state index is 12.5. The average molecular weight is 427 g/mol. The van der Waals surface area contributed by atoms with Crippen LogP contribution in [0, 0.1) is 0 Å². The Hall–Kier alpha value is -2.51. The molecule has 0 radical (unpaired) electrons. The zero-order valence-corrected chi connectivity index (χ0v) is 17.6. The number of fused-ring (bicyclic) bond motifs is 1. The van der Waals surface area contributed by atoms with Gasteiger partial charge in [-0.25, -0.2) is 9.78 Å². The maximum Gasteiger partial charge on any atom is 0.339 e. The fraction of sp³-hybridized carbons (Fsp3) is 0.318. The molecule has 7 heteroatoms. The van der Waals surface area contributed by atoms with Gasteiger partial charge in [-0.05, 0) is 36.8 Å². The number of amides is 1. The average Bonchev–Trinajstić information content (AvgIpc) is 3.38. The molecule has 0 unspecified atom stereocenters. The fourth-order valence-corrected chi connectivity index (χ4v) is 5.27. The van der Waals surface area contributed by atoms with Crippen LogP contribution in [-0.2, 0) is 41.9 Å². The summed E-state index contributed by atoms with van der Waals surface area (Å²) >= 11 is 3.07. The van der Waals surface area contributed by atoms with Gasteiger partial charge in [0.15, 0.2) is 0 Å². The van der Waals surface area contributed by atoms with Crippen LogP contribution in [0.25, 0.3) is 0 Å². The highest BCUT2D eigenvalue weighted by atomic mass is 32.1. The van der Waals surface area contributed by atoms with Crippen LogP contribution in [0.3, 0.4) is 0 Å². The molecule has 3 aromatic rings. The van der Waals surface area contributed by atoms with E-state index in [4.69, 9.17) is 4.74 Å². The lowest BCUT2D eigenvalue weighted by Gasteiger charge is -2.12. The fourth-order valence-electron chi connectivity index (χ4n) is 3.38. The van der Waals surface area contributed by atoms with Gasteiger partial charge in [0, 0.05) is 22.2 Å². The zero-order valence-electron chi connectivity index (χ0n) is 16.0. The maximum atomic E-state index is 12.5. The number of nitrogens with zero attached hydrogens (tertiary/aromatic N) is 1. The van der Waals surface area contributed by atoms with E-state index in [0.717, 1.165) is 29.8 Å². The second-order valence-electron chi connectivity index (χ2n) is 7.01. The van der Waals surface area contributed by atoms with E-state index in [-0.39, 0.29) is 24.9 Å². The van der Waals surface area contributed by atoms with Crippen LogP contribution < -0.4 is 5.32 Å². The quantitative estimate of drug-likeness (QED) is 0.572. The van der Waals surface area contributed by atoms with E-state index in [1.807, 2.05) is 41.1 Å². The zero-order chi connectivity index (χ0) is 20.1. The van der Waals surface area contributed by atoms with Gasteiger partial charge in [-0.3, -0.25) is 4.79 Å². The predicted molar refractivity (Wildman–Crippen MR) is 114 cm³/mol. The lowest BCUT2D eigenvalue weighted by molar-refractivity contribution is -0.120. The van der Waals surface area contributed by atoms with Crippen LogP contribution in [0.5, 0.6) is 0 Å². The molecular weight excluding hydrogens is 404 g/mol. The summed E-state index contributed by atoms with van der Waals surface area (Å²) in [6.45, 7) is 0.631. The van der Waals surface area contributed by atoms with Crippen LogP contribution >= 0.6 is 22.7 Å². The standard InChI is InChI=1S/C22H22N2O3S2/c25-20(23-11-15-6-2-1-3-7-15)10-21-24-16(13-29-21)12-27-22(26)18-14-28-19-9-5-4-8-17(18)19/h1-3,6-7,13-14H,4-5,8-12H2,(H,23,25). The van der Waals surface area contributed by atoms with E-state index in [1.54, 1.807) is 11.3 Å². The number of nitrogens with one attached hydrogen (secondary N) is 1. The number of carbonyl (C=O) groups excluding carboxylic acids is 2. The number of carbonyl (C=O) groups is 2. The van der Waals surface area contributed by atoms with Gasteiger partial charge in [-0.2, -0.15) is 0 Å². The molecular formula is C22H22N2O3S2. The molecule has 2 aromatic heterocycles. The molecule has 1 N–H and O–H groups in total. The molecule has 1 amide bonds. The normalized spacial score (nSPS) is 13.0. The van der Waals surface area contributed by atoms with E-state index in [9.17, 15) is 9.59 Å². The molecule has 0 aliphatic heterocycles. The summed E-state index contributed by atoms with van der Waals surface area (Å²) in [4.78, 5) is 30.3. The third-order valence-electron chi connectivity index (χ3n) is 4.88. The molecule has 0 bridgehead atoms. The first-order chi connectivity index (χ1) is 14.2. The van der Waals surface area contributed by atoms with Crippen molar-refractivity contribution in [3.63, 3.8) is 0 Å². The topological polar surface area (TPSA) is 68.3 Å². The highest BCUT2D eigenvalue weighted by Gasteiger charge is 2.21. The van der Waals surface area contributed by atoms with E-state index in [1.165, 1.54) is 28.2 Å². The van der Waals surface area contributed by atoms with Gasteiger partial charge < -0.3 is 10.1 Å². The highest BCUT2D eigenvalue weighted by molar-refractivity contribution is 7.10.